The van der Waals surface area contributed by atoms with Gasteiger partial charge in [0.2, 0.25) is 5.89 Å². The van der Waals surface area contributed by atoms with Crippen LogP contribution in [0.15, 0.2) is 40.8 Å². The maximum Gasteiger partial charge on any atom is 0.229 e. The topological polar surface area (TPSA) is 64.1 Å². The Bertz CT molecular complexity index is 777. The van der Waals surface area contributed by atoms with E-state index >= 15 is 0 Å². The van der Waals surface area contributed by atoms with E-state index in [0.29, 0.717) is 11.6 Å². The molecule has 0 bridgehead atoms. The Hall–Kier alpha value is -2.49. The first-order valence-corrected chi connectivity index (χ1v) is 7.19. The van der Waals surface area contributed by atoms with Crippen LogP contribution in [0.3, 0.4) is 0 Å². The number of nitrogens with one attached hydrogen (secondary N) is 1. The molecule has 0 atom stereocenters. The van der Waals surface area contributed by atoms with E-state index in [9.17, 15) is 0 Å². The van der Waals surface area contributed by atoms with Gasteiger partial charge < -0.3 is 15.5 Å². The number of hydrogen-bond acceptors (Lipinski definition) is 4. The fourth-order valence-corrected chi connectivity index (χ4v) is 2.35. The van der Waals surface area contributed by atoms with Crippen LogP contribution >= 0.6 is 0 Å². The summed E-state index contributed by atoms with van der Waals surface area (Å²) < 4.78 is 5.90. The molecule has 0 radical (unpaired) electrons. The van der Waals surface area contributed by atoms with Gasteiger partial charge >= 0.3 is 0 Å². The quantitative estimate of drug-likeness (QED) is 0.703. The highest BCUT2D eigenvalue weighted by Crippen LogP contribution is 2.32. The average Bonchev–Trinajstić information content (AvgIpc) is 2.91. The predicted molar refractivity (Wildman–Crippen MR) is 87.4 cm³/mol. The zero-order valence-corrected chi connectivity index (χ0v) is 12.3. The number of rotatable bonds is 4. The first-order chi connectivity index (χ1) is 10.2. The van der Waals surface area contributed by atoms with Crippen LogP contribution in [0.2, 0.25) is 0 Å². The number of benzene rings is 2. The zero-order chi connectivity index (χ0) is 14.8. The Morgan fingerprint density at radius 1 is 1.24 bits per heavy atom. The van der Waals surface area contributed by atoms with E-state index in [4.69, 9.17) is 10.2 Å². The Labute approximate surface area is 124 Å². The lowest BCUT2D eigenvalue weighted by atomic mass is 10.1. The third-order valence-electron chi connectivity index (χ3n) is 3.46. The highest BCUT2D eigenvalue weighted by atomic mass is 16.3. The van der Waals surface area contributed by atoms with Crippen molar-refractivity contribution in [3.63, 3.8) is 0 Å². The van der Waals surface area contributed by atoms with E-state index in [1.807, 2.05) is 43.3 Å². The van der Waals surface area contributed by atoms with Crippen molar-refractivity contribution in [2.24, 2.45) is 0 Å². The van der Waals surface area contributed by atoms with Crippen molar-refractivity contribution in [1.29, 1.82) is 0 Å². The van der Waals surface area contributed by atoms with Crippen LogP contribution in [-0.4, -0.2) is 11.5 Å². The first-order valence-electron chi connectivity index (χ1n) is 7.19. The highest BCUT2D eigenvalue weighted by molar-refractivity contribution is 5.83. The molecule has 0 aliphatic heterocycles. The monoisotopic (exact) mass is 281 g/mol. The van der Waals surface area contributed by atoms with Crippen LogP contribution in [0, 0.1) is 6.92 Å². The zero-order valence-electron chi connectivity index (χ0n) is 12.3. The molecule has 0 saturated carbocycles. The van der Waals surface area contributed by atoms with Crippen LogP contribution in [0.5, 0.6) is 0 Å². The number of aryl methyl sites for hydroxylation is 1. The standard InChI is InChI=1S/C17H19N3O/c1-3-9-19-14-8-7-12(18)10-13(14)17-20-16-11(2)5-4-6-15(16)21-17/h4-8,10,19H,3,9,18H2,1-2H3. The molecule has 0 spiro atoms. The van der Waals surface area contributed by atoms with E-state index in [0.717, 1.165) is 40.9 Å². The third-order valence-corrected chi connectivity index (χ3v) is 3.46. The maximum absolute atomic E-state index is 5.92. The molecule has 3 aromatic rings. The predicted octanol–water partition coefficient (Wildman–Crippen LogP) is 4.21. The van der Waals surface area contributed by atoms with Gasteiger partial charge in [-0.15, -0.1) is 0 Å². The number of nitrogens with two attached hydrogens (primary N) is 1. The minimum Gasteiger partial charge on any atom is -0.436 e. The molecule has 108 valence electrons. The van der Waals surface area contributed by atoms with Gasteiger partial charge in [-0.25, -0.2) is 4.98 Å². The van der Waals surface area contributed by atoms with E-state index < -0.39 is 0 Å². The van der Waals surface area contributed by atoms with Gasteiger partial charge in [0.15, 0.2) is 5.58 Å². The second-order valence-electron chi connectivity index (χ2n) is 5.17. The van der Waals surface area contributed by atoms with Gasteiger partial charge in [0.05, 0.1) is 5.56 Å². The lowest BCUT2D eigenvalue weighted by molar-refractivity contribution is 0.620. The molecule has 0 aliphatic carbocycles. The number of nitrogen functional groups attached to an aromatic ring is 1. The van der Waals surface area contributed by atoms with Crippen LogP contribution in [0.25, 0.3) is 22.6 Å². The van der Waals surface area contributed by atoms with Gasteiger partial charge in [0.1, 0.15) is 5.52 Å². The molecule has 3 rings (SSSR count). The number of oxazole rings is 1. The van der Waals surface area contributed by atoms with Crippen molar-refractivity contribution in [2.75, 3.05) is 17.6 Å². The molecule has 4 heteroatoms. The minimum atomic E-state index is 0.602. The van der Waals surface area contributed by atoms with Gasteiger partial charge in [-0.3, -0.25) is 0 Å². The summed E-state index contributed by atoms with van der Waals surface area (Å²) in [5, 5.41) is 3.39. The van der Waals surface area contributed by atoms with Crippen molar-refractivity contribution < 1.29 is 4.42 Å². The Kier molecular flexibility index (Phi) is 3.52. The number of anilines is 2. The smallest absolute Gasteiger partial charge is 0.229 e. The van der Waals surface area contributed by atoms with E-state index in [2.05, 4.69) is 17.2 Å². The van der Waals surface area contributed by atoms with Gasteiger partial charge in [-0.05, 0) is 43.2 Å². The summed E-state index contributed by atoms with van der Waals surface area (Å²) in [6.07, 6.45) is 1.05. The van der Waals surface area contributed by atoms with Gasteiger partial charge in [-0.1, -0.05) is 19.1 Å². The SMILES string of the molecule is CCCNc1ccc(N)cc1-c1nc2c(C)cccc2o1. The van der Waals surface area contributed by atoms with Crippen molar-refractivity contribution in [3.8, 4) is 11.5 Å². The number of nitrogens with zero attached hydrogens (tertiary/aromatic N) is 1. The molecule has 0 fully saturated rings. The maximum atomic E-state index is 5.92. The lowest BCUT2D eigenvalue weighted by Gasteiger charge is -2.09. The fraction of sp³-hybridized carbons (Fsp3) is 0.235. The number of aromatic nitrogens is 1. The molecular formula is C17H19N3O. The molecule has 0 saturated heterocycles. The van der Waals surface area contributed by atoms with Crippen molar-refractivity contribution in [2.45, 2.75) is 20.3 Å². The lowest BCUT2D eigenvalue weighted by Crippen LogP contribution is -2.02. The van der Waals surface area contributed by atoms with Crippen LogP contribution in [0.1, 0.15) is 18.9 Å². The Morgan fingerprint density at radius 3 is 2.86 bits per heavy atom. The van der Waals surface area contributed by atoms with E-state index in [1.165, 1.54) is 0 Å². The number of para-hydroxylation sites is 1. The first kappa shape index (κ1) is 13.5. The molecule has 3 N–H and O–H groups in total. The second kappa shape index (κ2) is 5.48. The summed E-state index contributed by atoms with van der Waals surface area (Å²) in [4.78, 5) is 4.63. The van der Waals surface area contributed by atoms with Gasteiger partial charge in [-0.2, -0.15) is 0 Å². The number of hydrogen-bond donors (Lipinski definition) is 2. The molecule has 1 heterocycles. The van der Waals surface area contributed by atoms with Crippen LogP contribution in [0.4, 0.5) is 11.4 Å². The molecule has 4 nitrogen and oxygen atoms in total. The van der Waals surface area contributed by atoms with E-state index in [-0.39, 0.29) is 0 Å². The summed E-state index contributed by atoms with van der Waals surface area (Å²) in [6.45, 7) is 5.06. The van der Waals surface area contributed by atoms with Crippen molar-refractivity contribution in [1.82, 2.24) is 4.98 Å². The molecular weight excluding hydrogens is 262 g/mol. The minimum absolute atomic E-state index is 0.602. The van der Waals surface area contributed by atoms with E-state index in [1.54, 1.807) is 0 Å². The number of fused-ring (bicyclic) bond motifs is 1. The summed E-state index contributed by atoms with van der Waals surface area (Å²) in [6, 6.07) is 11.7. The summed E-state index contributed by atoms with van der Waals surface area (Å²) >= 11 is 0. The molecule has 0 aliphatic rings. The van der Waals surface area contributed by atoms with Crippen molar-refractivity contribution in [3.05, 3.63) is 42.0 Å². The highest BCUT2D eigenvalue weighted by Gasteiger charge is 2.13. The largest absolute Gasteiger partial charge is 0.436 e. The summed E-state index contributed by atoms with van der Waals surface area (Å²) in [5.41, 5.74) is 11.3. The van der Waals surface area contributed by atoms with Crippen LogP contribution in [-0.2, 0) is 0 Å². The normalized spacial score (nSPS) is 11.0. The van der Waals surface area contributed by atoms with Crippen LogP contribution < -0.4 is 11.1 Å². The fourth-order valence-electron chi connectivity index (χ4n) is 2.35. The van der Waals surface area contributed by atoms with Crippen molar-refractivity contribution >= 4 is 22.5 Å². The van der Waals surface area contributed by atoms with Gasteiger partial charge in [0.25, 0.3) is 0 Å². The van der Waals surface area contributed by atoms with Gasteiger partial charge in [0, 0.05) is 17.9 Å². The summed E-state index contributed by atoms with van der Waals surface area (Å²) in [5.74, 6) is 0.602. The molecule has 0 amide bonds. The summed E-state index contributed by atoms with van der Waals surface area (Å²) in [7, 11) is 0. The molecule has 2 aromatic carbocycles. The second-order valence-corrected chi connectivity index (χ2v) is 5.17. The Morgan fingerprint density at radius 2 is 2.10 bits per heavy atom. The average molecular weight is 281 g/mol. The Balaban J connectivity index is 2.12. The molecule has 21 heavy (non-hydrogen) atoms. The third kappa shape index (κ3) is 2.57. The molecule has 1 aromatic heterocycles. The molecule has 0 unspecified atom stereocenters.